The van der Waals surface area contributed by atoms with E-state index in [-0.39, 0.29) is 12.5 Å². The van der Waals surface area contributed by atoms with E-state index in [1.54, 1.807) is 6.92 Å². The first-order valence-electron chi connectivity index (χ1n) is 9.56. The molecule has 8 nitrogen and oxygen atoms in total. The molecule has 2 atom stereocenters. The van der Waals surface area contributed by atoms with Crippen molar-refractivity contribution in [2.75, 3.05) is 20.3 Å². The highest BCUT2D eigenvalue weighted by Gasteiger charge is 2.31. The van der Waals surface area contributed by atoms with Gasteiger partial charge in [0.2, 0.25) is 5.91 Å². The topological polar surface area (TPSA) is 114 Å². The number of nitrogens with one attached hydrogen (secondary N) is 2. The van der Waals surface area contributed by atoms with Crippen LogP contribution < -0.4 is 10.6 Å². The van der Waals surface area contributed by atoms with Gasteiger partial charge in [-0.15, -0.1) is 0 Å². The Hall–Kier alpha value is -3.39. The summed E-state index contributed by atoms with van der Waals surface area (Å²) in [7, 11) is 1.39. The Morgan fingerprint density at radius 3 is 2.13 bits per heavy atom. The van der Waals surface area contributed by atoms with Gasteiger partial charge in [0.15, 0.2) is 0 Å². The van der Waals surface area contributed by atoms with Crippen LogP contribution in [0.5, 0.6) is 0 Å². The summed E-state index contributed by atoms with van der Waals surface area (Å²) in [4.78, 5) is 35.3. The number of methoxy groups -OCH3 is 1. The fourth-order valence-corrected chi connectivity index (χ4v) is 3.57. The zero-order valence-electron chi connectivity index (χ0n) is 16.8. The summed E-state index contributed by atoms with van der Waals surface area (Å²) in [5, 5.41) is 13.4. The molecule has 1 aliphatic carbocycles. The summed E-state index contributed by atoms with van der Waals surface area (Å²) in [6, 6.07) is 14.8. The number of hydrogen-bond donors (Lipinski definition) is 3. The van der Waals surface area contributed by atoms with E-state index >= 15 is 0 Å². The van der Waals surface area contributed by atoms with Gasteiger partial charge in [0.05, 0.1) is 6.10 Å². The number of hydrogen-bond acceptors (Lipinski definition) is 5. The standard InChI is InChI=1S/C22H24N2O6/c1-13(29-2)20(21(27)23-11-19(25)26)24-22(28)30-12-18-16-9-5-3-7-14(16)15-8-4-6-10-17(15)18/h3-10,13,18,20H,11-12H2,1-2H3,(H,23,27)(H,24,28)(H,25,26)/t13-,20+/m1/s1. The van der Waals surface area contributed by atoms with E-state index in [4.69, 9.17) is 14.6 Å². The summed E-state index contributed by atoms with van der Waals surface area (Å²) in [5.74, 6) is -1.96. The number of ether oxygens (including phenoxy) is 2. The first-order chi connectivity index (χ1) is 14.4. The molecule has 8 heteroatoms. The largest absolute Gasteiger partial charge is 0.480 e. The van der Waals surface area contributed by atoms with E-state index in [9.17, 15) is 14.4 Å². The third kappa shape index (κ3) is 4.60. The van der Waals surface area contributed by atoms with Crippen molar-refractivity contribution in [1.82, 2.24) is 10.6 Å². The van der Waals surface area contributed by atoms with Crippen molar-refractivity contribution in [2.45, 2.75) is 25.0 Å². The molecule has 0 aliphatic heterocycles. The van der Waals surface area contributed by atoms with Gasteiger partial charge in [0.25, 0.3) is 0 Å². The molecule has 0 saturated heterocycles. The Morgan fingerprint density at radius 1 is 1.03 bits per heavy atom. The molecule has 2 amide bonds. The Bertz CT molecular complexity index is 899. The van der Waals surface area contributed by atoms with Crippen molar-refractivity contribution in [3.63, 3.8) is 0 Å². The molecule has 2 aromatic carbocycles. The maximum Gasteiger partial charge on any atom is 0.407 e. The molecule has 30 heavy (non-hydrogen) atoms. The Morgan fingerprint density at radius 2 is 1.60 bits per heavy atom. The van der Waals surface area contributed by atoms with E-state index in [2.05, 4.69) is 10.6 Å². The number of benzene rings is 2. The van der Waals surface area contributed by atoms with Crippen LogP contribution in [0, 0.1) is 0 Å². The predicted molar refractivity (Wildman–Crippen MR) is 109 cm³/mol. The minimum Gasteiger partial charge on any atom is -0.480 e. The third-order valence-corrected chi connectivity index (χ3v) is 5.15. The van der Waals surface area contributed by atoms with E-state index in [0.29, 0.717) is 0 Å². The zero-order valence-corrected chi connectivity index (χ0v) is 16.8. The molecule has 0 bridgehead atoms. The lowest BCUT2D eigenvalue weighted by atomic mass is 9.98. The van der Waals surface area contributed by atoms with Gasteiger partial charge in [-0.05, 0) is 29.2 Å². The Labute approximate surface area is 174 Å². The minimum atomic E-state index is -1.19. The van der Waals surface area contributed by atoms with Gasteiger partial charge >= 0.3 is 12.1 Å². The number of alkyl carbamates (subject to hydrolysis) is 1. The molecular formula is C22H24N2O6. The van der Waals surface area contributed by atoms with Crippen LogP contribution >= 0.6 is 0 Å². The van der Waals surface area contributed by atoms with Gasteiger partial charge in [-0.3, -0.25) is 9.59 Å². The number of aliphatic carboxylic acids is 1. The second-order valence-electron chi connectivity index (χ2n) is 7.00. The minimum absolute atomic E-state index is 0.102. The fourth-order valence-electron chi connectivity index (χ4n) is 3.57. The predicted octanol–water partition coefficient (Wildman–Crippen LogP) is 2.13. The Kier molecular flexibility index (Phi) is 6.68. The van der Waals surface area contributed by atoms with E-state index < -0.39 is 36.7 Å². The molecule has 0 unspecified atom stereocenters. The summed E-state index contributed by atoms with van der Waals surface area (Å²) < 4.78 is 10.6. The monoisotopic (exact) mass is 412 g/mol. The first-order valence-corrected chi connectivity index (χ1v) is 9.56. The molecule has 3 N–H and O–H groups in total. The molecule has 1 aliphatic rings. The summed E-state index contributed by atoms with van der Waals surface area (Å²) in [6.07, 6.45) is -1.46. The molecule has 0 fully saturated rings. The van der Waals surface area contributed by atoms with Crippen LogP contribution in [0.1, 0.15) is 24.0 Å². The molecule has 0 saturated carbocycles. The summed E-state index contributed by atoms with van der Waals surface area (Å²) in [5.41, 5.74) is 4.38. The number of carboxylic acid groups (broad SMARTS) is 1. The quantitative estimate of drug-likeness (QED) is 0.612. The van der Waals surface area contributed by atoms with Crippen molar-refractivity contribution in [3.05, 3.63) is 59.7 Å². The molecule has 3 rings (SSSR count). The highest BCUT2D eigenvalue weighted by atomic mass is 16.5. The van der Waals surface area contributed by atoms with Crippen molar-refractivity contribution < 1.29 is 29.0 Å². The lowest BCUT2D eigenvalue weighted by Crippen LogP contribution is -2.53. The molecular weight excluding hydrogens is 388 g/mol. The number of carbonyl (C=O) groups excluding carboxylic acids is 2. The number of amides is 2. The van der Waals surface area contributed by atoms with E-state index in [0.717, 1.165) is 22.3 Å². The number of rotatable bonds is 8. The van der Waals surface area contributed by atoms with Crippen LogP contribution in [0.4, 0.5) is 4.79 Å². The van der Waals surface area contributed by atoms with Crippen molar-refractivity contribution in [3.8, 4) is 11.1 Å². The molecule has 0 heterocycles. The van der Waals surface area contributed by atoms with Crippen molar-refractivity contribution in [2.24, 2.45) is 0 Å². The van der Waals surface area contributed by atoms with Gasteiger partial charge in [-0.2, -0.15) is 0 Å². The van der Waals surface area contributed by atoms with Gasteiger partial charge in [-0.25, -0.2) is 4.79 Å². The maximum atomic E-state index is 12.4. The van der Waals surface area contributed by atoms with Crippen molar-refractivity contribution >= 4 is 18.0 Å². The number of carboxylic acids is 1. The number of fused-ring (bicyclic) bond motifs is 3. The molecule has 158 valence electrons. The molecule has 0 radical (unpaired) electrons. The van der Waals surface area contributed by atoms with Crippen LogP contribution in [-0.4, -0.2) is 55.5 Å². The SMILES string of the molecule is CO[C@H](C)[C@H](NC(=O)OCC1c2ccccc2-c2ccccc21)C(=O)NCC(=O)O. The van der Waals surface area contributed by atoms with Gasteiger partial charge in [0.1, 0.15) is 19.2 Å². The average molecular weight is 412 g/mol. The van der Waals surface area contributed by atoms with Gasteiger partial charge in [-0.1, -0.05) is 48.5 Å². The second kappa shape index (κ2) is 9.41. The summed E-state index contributed by atoms with van der Waals surface area (Å²) in [6.45, 7) is 1.14. The summed E-state index contributed by atoms with van der Waals surface area (Å²) >= 11 is 0. The lowest BCUT2D eigenvalue weighted by Gasteiger charge is -2.23. The maximum absolute atomic E-state index is 12.4. The van der Waals surface area contributed by atoms with E-state index in [1.165, 1.54) is 7.11 Å². The van der Waals surface area contributed by atoms with Crippen LogP contribution in [0.3, 0.4) is 0 Å². The van der Waals surface area contributed by atoms with E-state index in [1.807, 2.05) is 48.5 Å². The van der Waals surface area contributed by atoms with Crippen LogP contribution in [0.25, 0.3) is 11.1 Å². The Balaban J connectivity index is 1.67. The second-order valence-corrected chi connectivity index (χ2v) is 7.00. The molecule has 2 aromatic rings. The lowest BCUT2D eigenvalue weighted by molar-refractivity contribution is -0.138. The molecule has 0 spiro atoms. The van der Waals surface area contributed by atoms with Gasteiger partial charge in [0, 0.05) is 13.0 Å². The van der Waals surface area contributed by atoms with Crippen LogP contribution in [0.2, 0.25) is 0 Å². The van der Waals surface area contributed by atoms with Crippen LogP contribution in [0.15, 0.2) is 48.5 Å². The van der Waals surface area contributed by atoms with Crippen molar-refractivity contribution in [1.29, 1.82) is 0 Å². The molecule has 0 aromatic heterocycles. The first kappa shape index (κ1) is 21.3. The zero-order chi connectivity index (χ0) is 21.7. The van der Waals surface area contributed by atoms with Crippen LogP contribution in [-0.2, 0) is 19.1 Å². The smallest absolute Gasteiger partial charge is 0.407 e. The normalized spacial score (nSPS) is 14.2. The highest BCUT2D eigenvalue weighted by Crippen LogP contribution is 2.44. The highest BCUT2D eigenvalue weighted by molar-refractivity contribution is 5.88. The average Bonchev–Trinajstić information content (AvgIpc) is 3.07. The third-order valence-electron chi connectivity index (χ3n) is 5.15. The van der Waals surface area contributed by atoms with Gasteiger partial charge < -0.3 is 25.2 Å². The number of carbonyl (C=O) groups is 3. The fraction of sp³-hybridized carbons (Fsp3) is 0.318.